The summed E-state index contributed by atoms with van der Waals surface area (Å²) in [6.45, 7) is 6.10. The number of hydrogen-bond acceptors (Lipinski definition) is 3. The molecule has 1 fully saturated rings. The van der Waals surface area contributed by atoms with Crippen molar-refractivity contribution in [2.75, 3.05) is 18.8 Å². The predicted octanol–water partition coefficient (Wildman–Crippen LogP) is 2.21. The molecule has 0 spiro atoms. The van der Waals surface area contributed by atoms with E-state index in [0.29, 0.717) is 13.1 Å². The van der Waals surface area contributed by atoms with Gasteiger partial charge < -0.3 is 4.57 Å². The lowest BCUT2D eigenvalue weighted by Crippen LogP contribution is -2.40. The summed E-state index contributed by atoms with van der Waals surface area (Å²) >= 11 is 0. The van der Waals surface area contributed by atoms with Crippen molar-refractivity contribution >= 4 is 10.0 Å². The van der Waals surface area contributed by atoms with Gasteiger partial charge in [0.2, 0.25) is 10.0 Å². The van der Waals surface area contributed by atoms with Gasteiger partial charge in [0.15, 0.2) is 0 Å². The van der Waals surface area contributed by atoms with Crippen LogP contribution in [0.3, 0.4) is 0 Å². The zero-order valence-corrected chi connectivity index (χ0v) is 13.3. The third kappa shape index (κ3) is 3.41. The largest absolute Gasteiger partial charge is 0.335 e. The molecule has 1 aliphatic rings. The first-order chi connectivity index (χ1) is 9.58. The number of piperidine rings is 1. The van der Waals surface area contributed by atoms with E-state index in [0.717, 1.165) is 38.1 Å². The first-order valence-corrected chi connectivity index (χ1v) is 9.18. The summed E-state index contributed by atoms with van der Waals surface area (Å²) < 4.78 is 27.9. The van der Waals surface area contributed by atoms with Crippen LogP contribution in [0.15, 0.2) is 12.4 Å². The Bertz CT molecular complexity index is 524. The molecular weight excluding hydrogens is 274 g/mol. The van der Waals surface area contributed by atoms with Crippen LogP contribution in [0, 0.1) is 0 Å². The normalized spacial score (nSPS) is 21.2. The summed E-state index contributed by atoms with van der Waals surface area (Å²) in [5.74, 6) is 1.47. The minimum absolute atomic E-state index is 0.185. The van der Waals surface area contributed by atoms with E-state index in [-0.39, 0.29) is 11.7 Å². The maximum atomic E-state index is 12.0. The minimum Gasteiger partial charge on any atom is -0.335 e. The number of sulfonamides is 1. The Morgan fingerprint density at radius 3 is 2.90 bits per heavy atom. The fraction of sp³-hybridized carbons (Fsp3) is 0.786. The molecule has 2 rings (SSSR count). The van der Waals surface area contributed by atoms with Gasteiger partial charge in [-0.1, -0.05) is 13.3 Å². The Balaban J connectivity index is 2.11. The van der Waals surface area contributed by atoms with Crippen molar-refractivity contribution in [3.05, 3.63) is 18.2 Å². The SMILES string of the molecule is CCCCn1ccnc1[C@H]1CCCN(S(=O)(=O)CC)C1. The first kappa shape index (κ1) is 15.5. The van der Waals surface area contributed by atoms with Crippen LogP contribution in [-0.4, -0.2) is 41.1 Å². The second kappa shape index (κ2) is 6.72. The average Bonchev–Trinajstić information content (AvgIpc) is 2.93. The highest BCUT2D eigenvalue weighted by Crippen LogP contribution is 2.27. The molecule has 1 saturated heterocycles. The molecule has 1 aliphatic heterocycles. The van der Waals surface area contributed by atoms with Crippen molar-refractivity contribution in [2.45, 2.75) is 52.0 Å². The third-order valence-electron chi connectivity index (χ3n) is 4.01. The molecule has 1 aromatic heterocycles. The average molecular weight is 299 g/mol. The van der Waals surface area contributed by atoms with Gasteiger partial charge in [-0.15, -0.1) is 0 Å². The van der Waals surface area contributed by atoms with Crippen molar-refractivity contribution in [1.82, 2.24) is 13.9 Å². The standard InChI is InChI=1S/C14H25N3O2S/c1-3-5-9-16-11-8-15-14(16)13-7-6-10-17(12-13)20(18,19)4-2/h8,11,13H,3-7,9-10,12H2,1-2H3/t13-/m0/s1. The highest BCUT2D eigenvalue weighted by molar-refractivity contribution is 7.89. The van der Waals surface area contributed by atoms with Crippen molar-refractivity contribution < 1.29 is 8.42 Å². The van der Waals surface area contributed by atoms with Gasteiger partial charge in [0, 0.05) is 37.9 Å². The molecule has 20 heavy (non-hydrogen) atoms. The van der Waals surface area contributed by atoms with Crippen LogP contribution in [0.25, 0.3) is 0 Å². The van der Waals surface area contributed by atoms with E-state index in [2.05, 4.69) is 16.5 Å². The Morgan fingerprint density at radius 2 is 2.20 bits per heavy atom. The van der Waals surface area contributed by atoms with E-state index in [1.165, 1.54) is 0 Å². The van der Waals surface area contributed by atoms with Gasteiger partial charge in [0.25, 0.3) is 0 Å². The molecule has 6 heteroatoms. The van der Waals surface area contributed by atoms with Gasteiger partial charge in [-0.2, -0.15) is 0 Å². The molecule has 1 atom stereocenters. The van der Waals surface area contributed by atoms with E-state index in [4.69, 9.17) is 0 Å². The second-order valence-electron chi connectivity index (χ2n) is 5.43. The molecule has 0 N–H and O–H groups in total. The predicted molar refractivity (Wildman–Crippen MR) is 80.1 cm³/mol. The lowest BCUT2D eigenvalue weighted by molar-refractivity contribution is 0.304. The lowest BCUT2D eigenvalue weighted by atomic mass is 9.99. The Labute approximate surface area is 122 Å². The minimum atomic E-state index is -3.08. The van der Waals surface area contributed by atoms with Crippen LogP contribution in [0.2, 0.25) is 0 Å². The fourth-order valence-electron chi connectivity index (χ4n) is 2.79. The van der Waals surface area contributed by atoms with Crippen LogP contribution in [0.5, 0.6) is 0 Å². The lowest BCUT2D eigenvalue weighted by Gasteiger charge is -2.31. The maximum absolute atomic E-state index is 12.0. The van der Waals surface area contributed by atoms with Gasteiger partial charge in [-0.05, 0) is 26.2 Å². The number of nitrogens with zero attached hydrogens (tertiary/aromatic N) is 3. The van der Waals surface area contributed by atoms with E-state index in [1.54, 1.807) is 11.2 Å². The zero-order valence-electron chi connectivity index (χ0n) is 12.5. The van der Waals surface area contributed by atoms with E-state index in [9.17, 15) is 8.42 Å². The molecule has 0 aromatic carbocycles. The quantitative estimate of drug-likeness (QED) is 0.809. The number of aromatic nitrogens is 2. The molecule has 1 aromatic rings. The summed E-state index contributed by atoms with van der Waals surface area (Å²) in [4.78, 5) is 4.48. The molecule has 114 valence electrons. The zero-order chi connectivity index (χ0) is 14.6. The van der Waals surface area contributed by atoms with Crippen molar-refractivity contribution in [1.29, 1.82) is 0 Å². The number of unbranched alkanes of at least 4 members (excludes halogenated alkanes) is 1. The van der Waals surface area contributed by atoms with Crippen molar-refractivity contribution in [3.63, 3.8) is 0 Å². The summed E-state index contributed by atoms with van der Waals surface area (Å²) in [5, 5.41) is 0. The fourth-order valence-corrected chi connectivity index (χ4v) is 3.97. The molecule has 0 unspecified atom stereocenters. The van der Waals surface area contributed by atoms with E-state index >= 15 is 0 Å². The summed E-state index contributed by atoms with van der Waals surface area (Å²) in [5.41, 5.74) is 0. The van der Waals surface area contributed by atoms with Gasteiger partial charge in [-0.25, -0.2) is 17.7 Å². The maximum Gasteiger partial charge on any atom is 0.213 e. The molecule has 2 heterocycles. The Hall–Kier alpha value is -0.880. The van der Waals surface area contributed by atoms with Crippen LogP contribution in [-0.2, 0) is 16.6 Å². The number of aryl methyl sites for hydroxylation is 1. The third-order valence-corrected chi connectivity index (χ3v) is 5.86. The van der Waals surface area contributed by atoms with Gasteiger partial charge in [0.05, 0.1) is 5.75 Å². The molecular formula is C14H25N3O2S. The smallest absolute Gasteiger partial charge is 0.213 e. The van der Waals surface area contributed by atoms with Gasteiger partial charge in [0.1, 0.15) is 5.82 Å². The number of rotatable bonds is 6. The van der Waals surface area contributed by atoms with Crippen molar-refractivity contribution in [2.24, 2.45) is 0 Å². The van der Waals surface area contributed by atoms with Crippen molar-refractivity contribution in [3.8, 4) is 0 Å². The Morgan fingerprint density at radius 1 is 1.40 bits per heavy atom. The van der Waals surface area contributed by atoms with Crippen LogP contribution in [0.1, 0.15) is 51.3 Å². The van der Waals surface area contributed by atoms with Crippen LogP contribution in [0.4, 0.5) is 0 Å². The molecule has 0 aliphatic carbocycles. The van der Waals surface area contributed by atoms with Crippen LogP contribution < -0.4 is 0 Å². The molecule has 0 radical (unpaired) electrons. The topological polar surface area (TPSA) is 55.2 Å². The molecule has 5 nitrogen and oxygen atoms in total. The molecule has 0 bridgehead atoms. The number of imidazole rings is 1. The van der Waals surface area contributed by atoms with E-state index < -0.39 is 10.0 Å². The monoisotopic (exact) mass is 299 g/mol. The summed E-state index contributed by atoms with van der Waals surface area (Å²) in [6, 6.07) is 0. The van der Waals surface area contributed by atoms with E-state index in [1.807, 2.05) is 12.4 Å². The van der Waals surface area contributed by atoms with Gasteiger partial charge in [-0.3, -0.25) is 0 Å². The summed E-state index contributed by atoms with van der Waals surface area (Å²) in [6.07, 6.45) is 8.08. The molecule has 0 amide bonds. The molecule has 0 saturated carbocycles. The van der Waals surface area contributed by atoms with Crippen LogP contribution >= 0.6 is 0 Å². The van der Waals surface area contributed by atoms with Gasteiger partial charge >= 0.3 is 0 Å². The first-order valence-electron chi connectivity index (χ1n) is 7.57. The highest BCUT2D eigenvalue weighted by Gasteiger charge is 2.30. The Kier molecular flexibility index (Phi) is 5.21. The second-order valence-corrected chi connectivity index (χ2v) is 7.69. The highest BCUT2D eigenvalue weighted by atomic mass is 32.2. The summed E-state index contributed by atoms with van der Waals surface area (Å²) in [7, 11) is -3.08. The number of hydrogen-bond donors (Lipinski definition) is 0.